The highest BCUT2D eigenvalue weighted by atomic mass is 32.1. The SMILES string of the molecule is C=CCOc1c(C=NNc2nc(N)cs2)cccc1OC. The van der Waals surface area contributed by atoms with E-state index in [4.69, 9.17) is 15.2 Å². The summed E-state index contributed by atoms with van der Waals surface area (Å²) >= 11 is 1.38. The number of anilines is 2. The number of hydrogen-bond donors (Lipinski definition) is 2. The van der Waals surface area contributed by atoms with Gasteiger partial charge in [0, 0.05) is 10.9 Å². The fraction of sp³-hybridized carbons (Fsp3) is 0.143. The van der Waals surface area contributed by atoms with Crippen LogP contribution in [0.4, 0.5) is 10.9 Å². The molecule has 0 aliphatic rings. The van der Waals surface area contributed by atoms with Crippen molar-refractivity contribution in [3.05, 3.63) is 41.8 Å². The largest absolute Gasteiger partial charge is 0.493 e. The van der Waals surface area contributed by atoms with Crippen LogP contribution in [-0.4, -0.2) is 24.9 Å². The second-order valence-corrected chi connectivity index (χ2v) is 4.78. The van der Waals surface area contributed by atoms with Gasteiger partial charge in [-0.15, -0.1) is 11.3 Å². The number of nitrogen functional groups attached to an aromatic ring is 1. The summed E-state index contributed by atoms with van der Waals surface area (Å²) in [6.07, 6.45) is 3.31. The summed E-state index contributed by atoms with van der Waals surface area (Å²) in [6, 6.07) is 5.56. The van der Waals surface area contributed by atoms with Gasteiger partial charge in [0.1, 0.15) is 12.4 Å². The van der Waals surface area contributed by atoms with Crippen molar-refractivity contribution in [3.63, 3.8) is 0 Å². The summed E-state index contributed by atoms with van der Waals surface area (Å²) in [7, 11) is 1.59. The van der Waals surface area contributed by atoms with Crippen LogP contribution < -0.4 is 20.6 Å². The number of ether oxygens (including phenoxy) is 2. The van der Waals surface area contributed by atoms with Crippen molar-refractivity contribution < 1.29 is 9.47 Å². The maximum atomic E-state index is 5.62. The van der Waals surface area contributed by atoms with Gasteiger partial charge in [0.05, 0.1) is 13.3 Å². The highest BCUT2D eigenvalue weighted by molar-refractivity contribution is 7.14. The third-order valence-corrected chi connectivity index (χ3v) is 3.23. The fourth-order valence-corrected chi connectivity index (χ4v) is 2.14. The highest BCUT2D eigenvalue weighted by Gasteiger charge is 2.08. The number of rotatable bonds is 7. The van der Waals surface area contributed by atoms with Crippen molar-refractivity contribution in [2.75, 3.05) is 24.9 Å². The smallest absolute Gasteiger partial charge is 0.205 e. The van der Waals surface area contributed by atoms with Crippen molar-refractivity contribution in [2.24, 2.45) is 5.10 Å². The lowest BCUT2D eigenvalue weighted by Crippen LogP contribution is -2.00. The molecule has 110 valence electrons. The lowest BCUT2D eigenvalue weighted by Gasteiger charge is -2.11. The maximum Gasteiger partial charge on any atom is 0.205 e. The van der Waals surface area contributed by atoms with E-state index in [2.05, 4.69) is 22.1 Å². The van der Waals surface area contributed by atoms with Gasteiger partial charge in [0.15, 0.2) is 11.5 Å². The monoisotopic (exact) mass is 304 g/mol. The summed E-state index contributed by atoms with van der Waals surface area (Å²) in [6.45, 7) is 4.02. The standard InChI is InChI=1S/C14H16N4O2S/c1-3-7-20-13-10(5-4-6-11(13)19-2)8-16-18-14-17-12(15)9-21-14/h3-6,8-9H,1,7,15H2,2H3,(H,17,18). The molecule has 0 saturated carbocycles. The van der Waals surface area contributed by atoms with Crippen LogP contribution in [0.15, 0.2) is 41.3 Å². The molecule has 1 aromatic carbocycles. The normalized spacial score (nSPS) is 10.5. The molecule has 0 spiro atoms. The molecule has 2 rings (SSSR count). The first-order valence-electron chi connectivity index (χ1n) is 6.15. The topological polar surface area (TPSA) is 81.8 Å². The summed E-state index contributed by atoms with van der Waals surface area (Å²) in [5.74, 6) is 1.72. The molecule has 21 heavy (non-hydrogen) atoms. The van der Waals surface area contributed by atoms with E-state index in [-0.39, 0.29) is 0 Å². The molecule has 0 fully saturated rings. The predicted molar refractivity (Wildman–Crippen MR) is 86.4 cm³/mol. The Morgan fingerprint density at radius 2 is 2.38 bits per heavy atom. The number of para-hydroxylation sites is 1. The summed E-state index contributed by atoms with van der Waals surface area (Å²) < 4.78 is 10.9. The van der Waals surface area contributed by atoms with Gasteiger partial charge in [-0.2, -0.15) is 5.10 Å². The van der Waals surface area contributed by atoms with E-state index < -0.39 is 0 Å². The Hall–Kier alpha value is -2.54. The van der Waals surface area contributed by atoms with Crippen molar-refractivity contribution in [1.29, 1.82) is 0 Å². The second kappa shape index (κ2) is 7.30. The van der Waals surface area contributed by atoms with Crippen LogP contribution in [0.25, 0.3) is 0 Å². The summed E-state index contributed by atoms with van der Waals surface area (Å²) in [5, 5.41) is 6.49. The quantitative estimate of drug-likeness (QED) is 0.467. The minimum atomic E-state index is 0.387. The Labute approximate surface area is 126 Å². The number of nitrogens with two attached hydrogens (primary N) is 1. The van der Waals surface area contributed by atoms with E-state index in [0.717, 1.165) is 5.56 Å². The Kier molecular flexibility index (Phi) is 5.16. The van der Waals surface area contributed by atoms with Crippen LogP contribution in [0.3, 0.4) is 0 Å². The number of hydrazone groups is 1. The zero-order valence-electron chi connectivity index (χ0n) is 11.6. The van der Waals surface area contributed by atoms with Crippen LogP contribution in [0, 0.1) is 0 Å². The Morgan fingerprint density at radius 1 is 1.52 bits per heavy atom. The van der Waals surface area contributed by atoms with Crippen LogP contribution in [0.1, 0.15) is 5.56 Å². The Bertz CT molecular complexity index is 640. The van der Waals surface area contributed by atoms with E-state index in [1.54, 1.807) is 24.8 Å². The predicted octanol–water partition coefficient (Wildman–Crippen LogP) is 2.74. The number of aromatic nitrogens is 1. The average molecular weight is 304 g/mol. The number of nitrogens with zero attached hydrogens (tertiary/aromatic N) is 2. The number of benzene rings is 1. The first kappa shape index (κ1) is 14.9. The van der Waals surface area contributed by atoms with Crippen molar-refractivity contribution in [1.82, 2.24) is 4.98 Å². The van der Waals surface area contributed by atoms with Crippen LogP contribution >= 0.6 is 11.3 Å². The van der Waals surface area contributed by atoms with Crippen molar-refractivity contribution >= 4 is 28.5 Å². The Morgan fingerprint density at radius 3 is 3.05 bits per heavy atom. The molecule has 0 aliphatic heterocycles. The molecule has 0 atom stereocenters. The van der Waals surface area contributed by atoms with Gasteiger partial charge < -0.3 is 15.2 Å². The van der Waals surface area contributed by atoms with Crippen LogP contribution in [0.2, 0.25) is 0 Å². The average Bonchev–Trinajstić information content (AvgIpc) is 2.91. The zero-order valence-corrected chi connectivity index (χ0v) is 12.4. The van der Waals surface area contributed by atoms with Gasteiger partial charge in [-0.05, 0) is 12.1 Å². The number of methoxy groups -OCH3 is 1. The third kappa shape index (κ3) is 3.96. The molecule has 0 amide bonds. The van der Waals surface area contributed by atoms with E-state index in [9.17, 15) is 0 Å². The lowest BCUT2D eigenvalue weighted by atomic mass is 10.2. The van der Waals surface area contributed by atoms with Gasteiger partial charge >= 0.3 is 0 Å². The third-order valence-electron chi connectivity index (χ3n) is 2.46. The van der Waals surface area contributed by atoms with Crippen molar-refractivity contribution in [2.45, 2.75) is 0 Å². The summed E-state index contributed by atoms with van der Waals surface area (Å²) in [4.78, 5) is 4.05. The van der Waals surface area contributed by atoms with Crippen LogP contribution in [-0.2, 0) is 0 Å². The molecule has 7 heteroatoms. The molecule has 2 aromatic rings. The van der Waals surface area contributed by atoms with E-state index in [1.807, 2.05) is 18.2 Å². The first-order chi connectivity index (χ1) is 10.2. The maximum absolute atomic E-state index is 5.62. The molecule has 0 saturated heterocycles. The van der Waals surface area contributed by atoms with Gasteiger partial charge in [-0.25, -0.2) is 4.98 Å². The van der Waals surface area contributed by atoms with Crippen molar-refractivity contribution in [3.8, 4) is 11.5 Å². The molecule has 0 bridgehead atoms. The molecular weight excluding hydrogens is 288 g/mol. The lowest BCUT2D eigenvalue weighted by molar-refractivity contribution is 0.326. The fourth-order valence-electron chi connectivity index (χ4n) is 1.59. The molecule has 1 aromatic heterocycles. The van der Waals surface area contributed by atoms with E-state index in [1.165, 1.54) is 11.3 Å². The van der Waals surface area contributed by atoms with E-state index >= 15 is 0 Å². The number of thiazole rings is 1. The number of nitrogens with one attached hydrogen (secondary N) is 1. The minimum Gasteiger partial charge on any atom is -0.493 e. The van der Waals surface area contributed by atoms with Gasteiger partial charge in [-0.3, -0.25) is 5.43 Å². The molecule has 3 N–H and O–H groups in total. The van der Waals surface area contributed by atoms with Gasteiger partial charge in [-0.1, -0.05) is 18.7 Å². The molecule has 6 nitrogen and oxygen atoms in total. The Balaban J connectivity index is 2.15. The molecule has 0 radical (unpaired) electrons. The number of hydrogen-bond acceptors (Lipinski definition) is 7. The summed E-state index contributed by atoms with van der Waals surface area (Å²) in [5.41, 5.74) is 9.14. The molecule has 0 aliphatic carbocycles. The molecule has 1 heterocycles. The van der Waals surface area contributed by atoms with Gasteiger partial charge in [0.2, 0.25) is 5.13 Å². The van der Waals surface area contributed by atoms with E-state index in [0.29, 0.717) is 29.1 Å². The molecule has 0 unspecified atom stereocenters. The second-order valence-electron chi connectivity index (χ2n) is 3.93. The van der Waals surface area contributed by atoms with Crippen LogP contribution in [0.5, 0.6) is 11.5 Å². The minimum absolute atomic E-state index is 0.387. The highest BCUT2D eigenvalue weighted by Crippen LogP contribution is 2.30. The zero-order chi connectivity index (χ0) is 15.1. The first-order valence-corrected chi connectivity index (χ1v) is 7.03. The van der Waals surface area contributed by atoms with Gasteiger partial charge in [0.25, 0.3) is 0 Å². The molecular formula is C14H16N4O2S.